The third-order valence-electron chi connectivity index (χ3n) is 4.10. The molecular weight excluding hydrogens is 246 g/mol. The fourth-order valence-corrected chi connectivity index (χ4v) is 2.76. The lowest BCUT2D eigenvalue weighted by atomic mass is 10.1. The van der Waals surface area contributed by atoms with Crippen molar-refractivity contribution in [3.63, 3.8) is 0 Å². The van der Waals surface area contributed by atoms with E-state index in [0.29, 0.717) is 6.04 Å². The zero-order valence-corrected chi connectivity index (χ0v) is 12.1. The molecule has 0 saturated carbocycles. The molecule has 3 rings (SSSR count). The van der Waals surface area contributed by atoms with Crippen LogP contribution >= 0.6 is 0 Å². The number of ether oxygens (including phenoxy) is 1. The average molecular weight is 267 g/mol. The van der Waals surface area contributed by atoms with Crippen LogP contribution in [0, 0.1) is 0 Å². The minimum Gasteiger partial charge on any atom is -0.457 e. The van der Waals surface area contributed by atoms with E-state index < -0.39 is 0 Å². The van der Waals surface area contributed by atoms with Gasteiger partial charge in [-0.1, -0.05) is 18.2 Å². The summed E-state index contributed by atoms with van der Waals surface area (Å²) in [6, 6.07) is 15.1. The van der Waals surface area contributed by atoms with Gasteiger partial charge >= 0.3 is 0 Å². The van der Waals surface area contributed by atoms with Gasteiger partial charge in [-0.15, -0.1) is 0 Å². The van der Waals surface area contributed by atoms with Gasteiger partial charge in [0.15, 0.2) is 0 Å². The van der Waals surface area contributed by atoms with Crippen LogP contribution in [-0.4, -0.2) is 7.05 Å². The third-order valence-corrected chi connectivity index (χ3v) is 4.10. The van der Waals surface area contributed by atoms with Gasteiger partial charge in [0.25, 0.3) is 0 Å². The molecule has 2 nitrogen and oxygen atoms in total. The van der Waals surface area contributed by atoms with E-state index in [1.54, 1.807) is 0 Å². The Morgan fingerprint density at radius 3 is 2.65 bits per heavy atom. The van der Waals surface area contributed by atoms with Crippen LogP contribution in [0.3, 0.4) is 0 Å². The van der Waals surface area contributed by atoms with Crippen molar-refractivity contribution >= 4 is 0 Å². The molecule has 0 saturated heterocycles. The Morgan fingerprint density at radius 1 is 1.00 bits per heavy atom. The van der Waals surface area contributed by atoms with Gasteiger partial charge in [-0.2, -0.15) is 0 Å². The van der Waals surface area contributed by atoms with Crippen LogP contribution in [0.1, 0.15) is 36.1 Å². The van der Waals surface area contributed by atoms with Crippen LogP contribution in [0.15, 0.2) is 42.5 Å². The SMILES string of the molecule is CNC(C)c1cccc(Oc2ccc3c(c2)CCC3)c1. The van der Waals surface area contributed by atoms with Crippen LogP contribution in [0.5, 0.6) is 11.5 Å². The highest BCUT2D eigenvalue weighted by Gasteiger charge is 2.11. The summed E-state index contributed by atoms with van der Waals surface area (Å²) >= 11 is 0. The molecule has 0 amide bonds. The van der Waals surface area contributed by atoms with Crippen molar-refractivity contribution in [1.29, 1.82) is 0 Å². The molecule has 2 aromatic carbocycles. The molecule has 104 valence electrons. The normalized spacial score (nSPS) is 14.9. The average Bonchev–Trinajstić information content (AvgIpc) is 2.94. The fourth-order valence-electron chi connectivity index (χ4n) is 2.76. The molecule has 0 bridgehead atoms. The first-order chi connectivity index (χ1) is 9.76. The van der Waals surface area contributed by atoms with Gasteiger partial charge in [-0.25, -0.2) is 0 Å². The number of aryl methyl sites for hydroxylation is 2. The summed E-state index contributed by atoms with van der Waals surface area (Å²) in [5, 5.41) is 3.25. The van der Waals surface area contributed by atoms with Gasteiger partial charge < -0.3 is 10.1 Å². The highest BCUT2D eigenvalue weighted by molar-refractivity contribution is 5.41. The second-order valence-electron chi connectivity index (χ2n) is 5.47. The molecule has 2 heteroatoms. The summed E-state index contributed by atoms with van der Waals surface area (Å²) in [7, 11) is 1.97. The van der Waals surface area contributed by atoms with E-state index in [4.69, 9.17) is 4.74 Å². The maximum absolute atomic E-state index is 6.01. The number of rotatable bonds is 4. The number of hydrogen-bond donors (Lipinski definition) is 1. The Labute approximate surface area is 120 Å². The number of hydrogen-bond acceptors (Lipinski definition) is 2. The zero-order chi connectivity index (χ0) is 13.9. The van der Waals surface area contributed by atoms with E-state index in [1.165, 1.54) is 36.0 Å². The van der Waals surface area contributed by atoms with E-state index in [9.17, 15) is 0 Å². The minimum absolute atomic E-state index is 0.332. The second kappa shape index (κ2) is 5.68. The lowest BCUT2D eigenvalue weighted by Gasteiger charge is -2.13. The molecule has 1 N–H and O–H groups in total. The van der Waals surface area contributed by atoms with Gasteiger partial charge in [0.1, 0.15) is 11.5 Å². The largest absolute Gasteiger partial charge is 0.457 e. The van der Waals surface area contributed by atoms with E-state index in [-0.39, 0.29) is 0 Å². The molecular formula is C18H21NO. The lowest BCUT2D eigenvalue weighted by molar-refractivity contribution is 0.480. The topological polar surface area (TPSA) is 21.3 Å². The van der Waals surface area contributed by atoms with Crippen molar-refractivity contribution in [1.82, 2.24) is 5.32 Å². The first-order valence-corrected chi connectivity index (χ1v) is 7.33. The second-order valence-corrected chi connectivity index (χ2v) is 5.47. The molecule has 20 heavy (non-hydrogen) atoms. The van der Waals surface area contributed by atoms with Crippen molar-refractivity contribution in [3.8, 4) is 11.5 Å². The summed E-state index contributed by atoms with van der Waals surface area (Å²) in [4.78, 5) is 0. The van der Waals surface area contributed by atoms with E-state index >= 15 is 0 Å². The smallest absolute Gasteiger partial charge is 0.127 e. The Morgan fingerprint density at radius 2 is 1.80 bits per heavy atom. The summed E-state index contributed by atoms with van der Waals surface area (Å²) in [5.41, 5.74) is 4.17. The van der Waals surface area contributed by atoms with Gasteiger partial charge in [-0.3, -0.25) is 0 Å². The highest BCUT2D eigenvalue weighted by atomic mass is 16.5. The van der Waals surface area contributed by atoms with Crippen molar-refractivity contribution in [3.05, 3.63) is 59.2 Å². The third kappa shape index (κ3) is 2.70. The fraction of sp³-hybridized carbons (Fsp3) is 0.333. The maximum atomic E-state index is 6.01. The molecule has 1 aliphatic rings. The van der Waals surface area contributed by atoms with E-state index in [0.717, 1.165) is 11.5 Å². The summed E-state index contributed by atoms with van der Waals surface area (Å²) in [5.74, 6) is 1.85. The Balaban J connectivity index is 1.81. The van der Waals surface area contributed by atoms with Gasteiger partial charge in [0, 0.05) is 6.04 Å². The first-order valence-electron chi connectivity index (χ1n) is 7.33. The number of nitrogens with one attached hydrogen (secondary N) is 1. The standard InChI is InChI=1S/C18H21NO/c1-13(19-2)15-6-4-8-17(11-15)20-18-10-9-14-5-3-7-16(14)12-18/h4,6,8-13,19H,3,5,7H2,1-2H3. The van der Waals surface area contributed by atoms with Crippen LogP contribution in [0.25, 0.3) is 0 Å². The first kappa shape index (κ1) is 13.2. The van der Waals surface area contributed by atoms with Crippen LogP contribution in [-0.2, 0) is 12.8 Å². The maximum Gasteiger partial charge on any atom is 0.127 e. The summed E-state index contributed by atoms with van der Waals surface area (Å²) < 4.78 is 6.01. The van der Waals surface area contributed by atoms with Crippen molar-refractivity contribution < 1.29 is 4.74 Å². The van der Waals surface area contributed by atoms with Crippen LogP contribution in [0.4, 0.5) is 0 Å². The molecule has 2 aromatic rings. The van der Waals surface area contributed by atoms with Crippen molar-refractivity contribution in [2.45, 2.75) is 32.2 Å². The molecule has 0 radical (unpaired) electrons. The molecule has 0 heterocycles. The summed E-state index contributed by atoms with van der Waals surface area (Å²) in [6.07, 6.45) is 3.67. The van der Waals surface area contributed by atoms with Gasteiger partial charge in [0.2, 0.25) is 0 Å². The lowest BCUT2D eigenvalue weighted by Crippen LogP contribution is -2.11. The molecule has 0 spiro atoms. The molecule has 0 aromatic heterocycles. The van der Waals surface area contributed by atoms with Crippen molar-refractivity contribution in [2.75, 3.05) is 7.05 Å². The predicted octanol–water partition coefficient (Wildman–Crippen LogP) is 4.25. The van der Waals surface area contributed by atoms with Crippen molar-refractivity contribution in [2.24, 2.45) is 0 Å². The van der Waals surface area contributed by atoms with Crippen LogP contribution < -0.4 is 10.1 Å². The Kier molecular flexibility index (Phi) is 3.75. The zero-order valence-electron chi connectivity index (χ0n) is 12.1. The monoisotopic (exact) mass is 267 g/mol. The van der Waals surface area contributed by atoms with Gasteiger partial charge in [-0.05, 0) is 74.2 Å². The molecule has 1 aliphatic carbocycles. The Bertz CT molecular complexity index is 606. The molecule has 1 atom stereocenters. The van der Waals surface area contributed by atoms with E-state index in [2.05, 4.69) is 42.6 Å². The minimum atomic E-state index is 0.332. The Hall–Kier alpha value is -1.80. The van der Waals surface area contributed by atoms with Crippen LogP contribution in [0.2, 0.25) is 0 Å². The highest BCUT2D eigenvalue weighted by Crippen LogP contribution is 2.29. The number of benzene rings is 2. The van der Waals surface area contributed by atoms with E-state index in [1.807, 2.05) is 19.2 Å². The molecule has 0 fully saturated rings. The molecule has 0 aliphatic heterocycles. The molecule has 1 unspecified atom stereocenters. The quantitative estimate of drug-likeness (QED) is 0.894. The summed E-state index contributed by atoms with van der Waals surface area (Å²) in [6.45, 7) is 2.15. The van der Waals surface area contributed by atoms with Gasteiger partial charge in [0.05, 0.1) is 0 Å². The number of fused-ring (bicyclic) bond motifs is 1. The predicted molar refractivity (Wildman–Crippen MR) is 82.5 cm³/mol.